The van der Waals surface area contributed by atoms with Gasteiger partial charge in [0.15, 0.2) is 0 Å². The molecule has 2 fully saturated rings. The molecule has 1 N–H and O–H groups in total. The highest BCUT2D eigenvalue weighted by Crippen LogP contribution is 2.31. The van der Waals surface area contributed by atoms with Crippen molar-refractivity contribution >= 4 is 17.4 Å². The van der Waals surface area contributed by atoms with Gasteiger partial charge in [0, 0.05) is 31.9 Å². The predicted molar refractivity (Wildman–Crippen MR) is 82.5 cm³/mol. The number of hydrogen-bond donors (Lipinski definition) is 1. The van der Waals surface area contributed by atoms with Gasteiger partial charge in [0.1, 0.15) is 11.9 Å². The zero-order valence-corrected chi connectivity index (χ0v) is 12.1. The van der Waals surface area contributed by atoms with Crippen molar-refractivity contribution < 1.29 is 4.74 Å². The van der Waals surface area contributed by atoms with Crippen LogP contribution in [0, 0.1) is 0 Å². The lowest BCUT2D eigenvalue weighted by atomic mass is 10.2. The Balaban J connectivity index is 1.72. The lowest BCUT2D eigenvalue weighted by Gasteiger charge is -2.32. The van der Waals surface area contributed by atoms with Crippen LogP contribution in [-0.4, -0.2) is 43.8 Å². The molecular weight excluding hydrogens is 256 g/mol. The quantitative estimate of drug-likeness (QED) is 0.917. The van der Waals surface area contributed by atoms with Crippen molar-refractivity contribution in [2.75, 3.05) is 42.6 Å². The minimum atomic E-state index is 0.391. The van der Waals surface area contributed by atoms with E-state index in [9.17, 15) is 0 Å². The van der Waals surface area contributed by atoms with Gasteiger partial charge in [-0.3, -0.25) is 0 Å². The second kappa shape index (κ2) is 6.53. The van der Waals surface area contributed by atoms with Crippen LogP contribution in [0.1, 0.15) is 12.8 Å². The fourth-order valence-electron chi connectivity index (χ4n) is 2.71. The number of nitrogens with zero attached hydrogens (tertiary/aromatic N) is 1. The fourth-order valence-corrected chi connectivity index (χ4v) is 3.74. The Morgan fingerprint density at radius 2 is 2.05 bits per heavy atom. The number of para-hydroxylation sites is 2. The third-order valence-corrected chi connectivity index (χ3v) is 4.92. The van der Waals surface area contributed by atoms with Crippen LogP contribution in [0.3, 0.4) is 0 Å². The molecule has 0 aliphatic carbocycles. The van der Waals surface area contributed by atoms with E-state index in [-0.39, 0.29) is 0 Å². The minimum absolute atomic E-state index is 0.391. The van der Waals surface area contributed by atoms with Crippen molar-refractivity contribution in [1.82, 2.24) is 5.32 Å². The lowest BCUT2D eigenvalue weighted by Crippen LogP contribution is -2.43. The highest BCUT2D eigenvalue weighted by Gasteiger charge is 2.19. The molecule has 3 nitrogen and oxygen atoms in total. The van der Waals surface area contributed by atoms with Gasteiger partial charge in [-0.1, -0.05) is 12.1 Å². The smallest absolute Gasteiger partial charge is 0.143 e. The van der Waals surface area contributed by atoms with Crippen molar-refractivity contribution in [3.63, 3.8) is 0 Å². The zero-order chi connectivity index (χ0) is 12.9. The molecule has 4 heteroatoms. The SMILES string of the molecule is c1ccc(N2CCNCC2)c(OC2CCCSC2)c1. The third-order valence-electron chi connectivity index (χ3n) is 3.74. The number of ether oxygens (including phenoxy) is 1. The van der Waals surface area contributed by atoms with E-state index < -0.39 is 0 Å². The van der Waals surface area contributed by atoms with Crippen molar-refractivity contribution in [2.24, 2.45) is 0 Å². The number of nitrogens with one attached hydrogen (secondary N) is 1. The molecular formula is C15H22N2OS. The van der Waals surface area contributed by atoms with Crippen LogP contribution in [-0.2, 0) is 0 Å². The molecule has 104 valence electrons. The summed E-state index contributed by atoms with van der Waals surface area (Å²) in [6.07, 6.45) is 2.87. The van der Waals surface area contributed by atoms with Crippen LogP contribution in [0.15, 0.2) is 24.3 Å². The summed E-state index contributed by atoms with van der Waals surface area (Å²) < 4.78 is 6.26. The monoisotopic (exact) mass is 278 g/mol. The second-order valence-electron chi connectivity index (χ2n) is 5.16. The molecule has 2 aliphatic rings. The summed E-state index contributed by atoms with van der Waals surface area (Å²) in [5.41, 5.74) is 1.26. The summed E-state index contributed by atoms with van der Waals surface area (Å²) in [5, 5.41) is 3.40. The van der Waals surface area contributed by atoms with Crippen LogP contribution in [0.2, 0.25) is 0 Å². The van der Waals surface area contributed by atoms with E-state index >= 15 is 0 Å². The molecule has 1 unspecified atom stereocenters. The molecule has 19 heavy (non-hydrogen) atoms. The van der Waals surface area contributed by atoms with Gasteiger partial charge in [0.2, 0.25) is 0 Å². The minimum Gasteiger partial charge on any atom is -0.487 e. The first-order chi connectivity index (χ1) is 9.43. The molecule has 0 bridgehead atoms. The number of benzene rings is 1. The Kier molecular flexibility index (Phi) is 4.51. The van der Waals surface area contributed by atoms with Crippen LogP contribution < -0.4 is 15.0 Å². The van der Waals surface area contributed by atoms with Crippen LogP contribution in [0.5, 0.6) is 5.75 Å². The Bertz CT molecular complexity index is 401. The summed E-state index contributed by atoms with van der Waals surface area (Å²) >= 11 is 2.02. The van der Waals surface area contributed by atoms with Gasteiger partial charge in [-0.05, 0) is 30.7 Å². The van der Waals surface area contributed by atoms with Crippen molar-refractivity contribution in [3.05, 3.63) is 24.3 Å². The van der Waals surface area contributed by atoms with Crippen molar-refractivity contribution in [2.45, 2.75) is 18.9 Å². The van der Waals surface area contributed by atoms with Gasteiger partial charge >= 0.3 is 0 Å². The number of rotatable bonds is 3. The zero-order valence-electron chi connectivity index (χ0n) is 11.3. The third kappa shape index (κ3) is 3.37. The fraction of sp³-hybridized carbons (Fsp3) is 0.600. The van der Waals surface area contributed by atoms with E-state index in [1.807, 2.05) is 11.8 Å². The largest absolute Gasteiger partial charge is 0.487 e. The van der Waals surface area contributed by atoms with E-state index in [0.29, 0.717) is 6.10 Å². The summed E-state index contributed by atoms with van der Waals surface area (Å²) in [6.45, 7) is 4.26. The molecule has 0 spiro atoms. The Hall–Kier alpha value is -0.870. The number of thioether (sulfide) groups is 1. The molecule has 2 heterocycles. The van der Waals surface area contributed by atoms with Crippen LogP contribution in [0.4, 0.5) is 5.69 Å². The molecule has 1 aromatic carbocycles. The normalized spacial score (nSPS) is 24.2. The highest BCUT2D eigenvalue weighted by atomic mass is 32.2. The van der Waals surface area contributed by atoms with E-state index in [2.05, 4.69) is 34.5 Å². The average Bonchev–Trinajstić information content (AvgIpc) is 2.50. The van der Waals surface area contributed by atoms with Gasteiger partial charge in [-0.15, -0.1) is 0 Å². The van der Waals surface area contributed by atoms with E-state index in [1.54, 1.807) is 0 Å². The Labute approximate surface area is 119 Å². The van der Waals surface area contributed by atoms with Crippen molar-refractivity contribution in [3.8, 4) is 5.75 Å². The Morgan fingerprint density at radius 3 is 2.84 bits per heavy atom. The molecule has 0 radical (unpaired) electrons. The first-order valence-electron chi connectivity index (χ1n) is 7.22. The number of anilines is 1. The predicted octanol–water partition coefficient (Wildman–Crippen LogP) is 2.37. The lowest BCUT2D eigenvalue weighted by molar-refractivity contribution is 0.212. The first-order valence-corrected chi connectivity index (χ1v) is 8.38. The molecule has 1 atom stereocenters. The van der Waals surface area contributed by atoms with E-state index in [4.69, 9.17) is 4.74 Å². The Morgan fingerprint density at radius 1 is 1.21 bits per heavy atom. The number of piperazine rings is 1. The topological polar surface area (TPSA) is 24.5 Å². The maximum atomic E-state index is 6.26. The highest BCUT2D eigenvalue weighted by molar-refractivity contribution is 7.99. The molecule has 0 saturated carbocycles. The van der Waals surface area contributed by atoms with E-state index in [0.717, 1.165) is 37.7 Å². The van der Waals surface area contributed by atoms with Gasteiger partial charge in [0.05, 0.1) is 5.69 Å². The second-order valence-corrected chi connectivity index (χ2v) is 6.31. The van der Waals surface area contributed by atoms with Crippen LogP contribution >= 0.6 is 11.8 Å². The van der Waals surface area contributed by atoms with Crippen molar-refractivity contribution in [1.29, 1.82) is 0 Å². The maximum absolute atomic E-state index is 6.26. The van der Waals surface area contributed by atoms with E-state index in [1.165, 1.54) is 24.3 Å². The maximum Gasteiger partial charge on any atom is 0.143 e. The van der Waals surface area contributed by atoms with Gasteiger partial charge in [-0.2, -0.15) is 11.8 Å². The van der Waals surface area contributed by atoms with Gasteiger partial charge in [0.25, 0.3) is 0 Å². The molecule has 2 saturated heterocycles. The molecule has 0 amide bonds. The van der Waals surface area contributed by atoms with Crippen LogP contribution in [0.25, 0.3) is 0 Å². The summed E-state index contributed by atoms with van der Waals surface area (Å²) in [6, 6.07) is 8.50. The molecule has 1 aromatic rings. The summed E-state index contributed by atoms with van der Waals surface area (Å²) in [5.74, 6) is 3.49. The number of hydrogen-bond acceptors (Lipinski definition) is 4. The molecule has 0 aromatic heterocycles. The molecule has 2 aliphatic heterocycles. The average molecular weight is 278 g/mol. The molecule has 3 rings (SSSR count). The standard InChI is InChI=1S/C15H22N2OS/c1-2-6-15(18-13-4-3-11-19-12-13)14(5-1)17-9-7-16-8-10-17/h1-2,5-6,13,16H,3-4,7-12H2. The summed E-state index contributed by atoms with van der Waals surface area (Å²) in [4.78, 5) is 2.43. The van der Waals surface area contributed by atoms with Gasteiger partial charge in [-0.25, -0.2) is 0 Å². The first kappa shape index (κ1) is 13.1. The van der Waals surface area contributed by atoms with Gasteiger partial charge < -0.3 is 15.0 Å². The summed E-state index contributed by atoms with van der Waals surface area (Å²) in [7, 11) is 0.